The van der Waals surface area contributed by atoms with Gasteiger partial charge in [-0.25, -0.2) is 8.78 Å². The van der Waals surface area contributed by atoms with Crippen molar-refractivity contribution in [2.24, 2.45) is 0 Å². The van der Waals surface area contributed by atoms with Crippen LogP contribution in [0.1, 0.15) is 36.1 Å². The lowest BCUT2D eigenvalue weighted by atomic mass is 10.0. The van der Waals surface area contributed by atoms with Crippen LogP contribution in [0, 0.1) is 34.3 Å². The molecule has 0 aliphatic carbocycles. The van der Waals surface area contributed by atoms with Gasteiger partial charge in [0.25, 0.3) is 0 Å². The van der Waals surface area contributed by atoms with E-state index in [1.165, 1.54) is 11.6 Å². The minimum absolute atomic E-state index is 0.00403. The molecule has 2 nitrogen and oxygen atoms in total. The molecular formula is C18H14F2N2S. The van der Waals surface area contributed by atoms with Crippen molar-refractivity contribution in [3.05, 3.63) is 58.2 Å². The number of benzene rings is 2. The fraction of sp³-hybridized carbons (Fsp3) is 0.222. The van der Waals surface area contributed by atoms with E-state index in [2.05, 4.69) is 6.92 Å². The second kappa shape index (κ2) is 7.26. The Morgan fingerprint density at radius 3 is 2.17 bits per heavy atom. The molecule has 116 valence electrons. The second-order valence-electron chi connectivity index (χ2n) is 4.88. The van der Waals surface area contributed by atoms with E-state index in [-0.39, 0.29) is 4.90 Å². The van der Waals surface area contributed by atoms with Gasteiger partial charge >= 0.3 is 0 Å². The van der Waals surface area contributed by atoms with Gasteiger partial charge in [0.2, 0.25) is 0 Å². The molecule has 2 rings (SSSR count). The van der Waals surface area contributed by atoms with Crippen molar-refractivity contribution in [1.82, 2.24) is 0 Å². The number of nitrogens with zero attached hydrogens (tertiary/aromatic N) is 2. The molecule has 0 aliphatic heterocycles. The van der Waals surface area contributed by atoms with Crippen LogP contribution in [0.3, 0.4) is 0 Å². The van der Waals surface area contributed by atoms with Gasteiger partial charge in [0.15, 0.2) is 5.82 Å². The van der Waals surface area contributed by atoms with Gasteiger partial charge in [-0.15, -0.1) is 0 Å². The van der Waals surface area contributed by atoms with Crippen LogP contribution in [-0.2, 0) is 12.8 Å². The smallest absolute Gasteiger partial charge is 0.156 e. The largest absolute Gasteiger partial charge is 0.205 e. The van der Waals surface area contributed by atoms with Crippen molar-refractivity contribution in [2.75, 3.05) is 0 Å². The zero-order chi connectivity index (χ0) is 17.0. The minimum atomic E-state index is -0.881. The Morgan fingerprint density at radius 1 is 0.957 bits per heavy atom. The Morgan fingerprint density at radius 2 is 1.61 bits per heavy atom. The molecular weight excluding hydrogens is 314 g/mol. The van der Waals surface area contributed by atoms with E-state index in [0.717, 1.165) is 41.1 Å². The van der Waals surface area contributed by atoms with Crippen LogP contribution in [0.15, 0.2) is 34.1 Å². The van der Waals surface area contributed by atoms with Crippen molar-refractivity contribution in [1.29, 1.82) is 10.5 Å². The standard InChI is InChI=1S/C18H14F2N2S/c1-3-11-5-6-13(7-12(11)4-2)23-17-8-16(19)14(9-21)15(10-22)18(17)20/h5-8H,3-4H2,1-2H3. The van der Waals surface area contributed by atoms with Gasteiger partial charge in [-0.05, 0) is 42.2 Å². The average Bonchev–Trinajstić information content (AvgIpc) is 2.57. The SMILES string of the molecule is CCc1ccc(Sc2cc(F)c(C#N)c(C#N)c2F)cc1CC. The van der Waals surface area contributed by atoms with Gasteiger partial charge < -0.3 is 0 Å². The maximum atomic E-state index is 14.4. The highest BCUT2D eigenvalue weighted by Gasteiger charge is 2.19. The zero-order valence-corrected chi connectivity index (χ0v) is 13.6. The summed E-state index contributed by atoms with van der Waals surface area (Å²) in [5.41, 5.74) is 1.29. The van der Waals surface area contributed by atoms with Gasteiger partial charge in [0.05, 0.1) is 4.90 Å². The lowest BCUT2D eigenvalue weighted by Gasteiger charge is -2.10. The van der Waals surface area contributed by atoms with Crippen LogP contribution < -0.4 is 0 Å². The van der Waals surface area contributed by atoms with Crippen molar-refractivity contribution < 1.29 is 8.78 Å². The summed E-state index contributed by atoms with van der Waals surface area (Å²) < 4.78 is 28.2. The van der Waals surface area contributed by atoms with Crippen LogP contribution in [-0.4, -0.2) is 0 Å². The molecule has 0 aliphatic rings. The number of aryl methyl sites for hydroxylation is 2. The van der Waals surface area contributed by atoms with Crippen molar-refractivity contribution in [2.45, 2.75) is 36.5 Å². The minimum Gasteiger partial charge on any atom is -0.205 e. The quantitative estimate of drug-likeness (QED) is 0.795. The number of nitriles is 2. The first-order chi connectivity index (χ1) is 11.0. The molecule has 0 unspecified atom stereocenters. The highest BCUT2D eigenvalue weighted by molar-refractivity contribution is 7.99. The number of hydrogen-bond donors (Lipinski definition) is 0. The molecule has 0 bridgehead atoms. The molecule has 0 aromatic heterocycles. The molecule has 0 saturated heterocycles. The molecule has 0 atom stereocenters. The number of rotatable bonds is 4. The molecule has 0 saturated carbocycles. The summed E-state index contributed by atoms with van der Waals surface area (Å²) in [4.78, 5) is 0.773. The van der Waals surface area contributed by atoms with Crippen LogP contribution in [0.4, 0.5) is 8.78 Å². The highest BCUT2D eigenvalue weighted by Crippen LogP contribution is 2.34. The first-order valence-corrected chi connectivity index (χ1v) is 7.99. The summed E-state index contributed by atoms with van der Waals surface area (Å²) in [7, 11) is 0. The summed E-state index contributed by atoms with van der Waals surface area (Å²) >= 11 is 1.05. The van der Waals surface area contributed by atoms with E-state index in [4.69, 9.17) is 10.5 Å². The summed E-state index contributed by atoms with van der Waals surface area (Å²) in [6.07, 6.45) is 1.76. The Kier molecular flexibility index (Phi) is 5.36. The van der Waals surface area contributed by atoms with Crippen molar-refractivity contribution in [3.63, 3.8) is 0 Å². The second-order valence-corrected chi connectivity index (χ2v) is 6.00. The molecule has 0 heterocycles. The molecule has 2 aromatic carbocycles. The number of halogens is 2. The third kappa shape index (κ3) is 3.36. The predicted molar refractivity (Wildman–Crippen MR) is 85.1 cm³/mol. The van der Waals surface area contributed by atoms with Gasteiger partial charge in [0, 0.05) is 4.90 Å². The van der Waals surface area contributed by atoms with Gasteiger partial charge in [0.1, 0.15) is 29.1 Å². The summed E-state index contributed by atoms with van der Waals surface area (Å²) in [5, 5.41) is 17.8. The van der Waals surface area contributed by atoms with Gasteiger partial charge in [-0.3, -0.25) is 0 Å². The lowest BCUT2D eigenvalue weighted by molar-refractivity contribution is 0.571. The maximum absolute atomic E-state index is 14.4. The van der Waals surface area contributed by atoms with E-state index in [9.17, 15) is 8.78 Å². The third-order valence-corrected chi connectivity index (χ3v) is 4.58. The van der Waals surface area contributed by atoms with E-state index in [0.29, 0.717) is 0 Å². The zero-order valence-electron chi connectivity index (χ0n) is 12.8. The van der Waals surface area contributed by atoms with Crippen molar-refractivity contribution >= 4 is 11.8 Å². The third-order valence-electron chi connectivity index (χ3n) is 3.57. The first-order valence-electron chi connectivity index (χ1n) is 7.17. The normalized spacial score (nSPS) is 10.2. The van der Waals surface area contributed by atoms with E-state index in [1.54, 1.807) is 6.07 Å². The van der Waals surface area contributed by atoms with Crippen LogP contribution in [0.2, 0.25) is 0 Å². The molecule has 0 spiro atoms. The van der Waals surface area contributed by atoms with Crippen LogP contribution >= 0.6 is 11.8 Å². The van der Waals surface area contributed by atoms with E-state index >= 15 is 0 Å². The average molecular weight is 328 g/mol. The maximum Gasteiger partial charge on any atom is 0.156 e. The molecule has 0 radical (unpaired) electrons. The number of hydrogen-bond acceptors (Lipinski definition) is 3. The Hall–Kier alpha value is -2.37. The Labute approximate surface area is 138 Å². The fourth-order valence-corrected chi connectivity index (χ4v) is 3.30. The van der Waals surface area contributed by atoms with Gasteiger partial charge in [-0.2, -0.15) is 10.5 Å². The molecule has 0 fully saturated rings. The van der Waals surface area contributed by atoms with Crippen LogP contribution in [0.25, 0.3) is 0 Å². The van der Waals surface area contributed by atoms with E-state index < -0.39 is 22.8 Å². The summed E-state index contributed by atoms with van der Waals surface area (Å²) in [5.74, 6) is -1.73. The van der Waals surface area contributed by atoms with Crippen LogP contribution in [0.5, 0.6) is 0 Å². The fourth-order valence-electron chi connectivity index (χ4n) is 2.36. The predicted octanol–water partition coefficient (Wildman–Crippen LogP) is 4.98. The molecule has 5 heteroatoms. The summed E-state index contributed by atoms with van der Waals surface area (Å²) in [6, 6.07) is 9.85. The highest BCUT2D eigenvalue weighted by atomic mass is 32.2. The molecule has 23 heavy (non-hydrogen) atoms. The lowest BCUT2D eigenvalue weighted by Crippen LogP contribution is -1.97. The Bertz CT molecular complexity index is 832. The molecule has 2 aromatic rings. The molecule has 0 N–H and O–H groups in total. The van der Waals surface area contributed by atoms with Gasteiger partial charge in [-0.1, -0.05) is 31.7 Å². The Balaban J connectivity index is 2.48. The summed E-state index contributed by atoms with van der Waals surface area (Å²) in [6.45, 7) is 4.11. The monoisotopic (exact) mass is 328 g/mol. The van der Waals surface area contributed by atoms with Crippen molar-refractivity contribution in [3.8, 4) is 12.1 Å². The first kappa shape index (κ1) is 17.0. The molecule has 0 amide bonds. The topological polar surface area (TPSA) is 47.6 Å². The van der Waals surface area contributed by atoms with E-state index in [1.807, 2.05) is 25.1 Å².